The number of rotatable bonds is 6. The van der Waals surface area contributed by atoms with Gasteiger partial charge in [0.1, 0.15) is 0 Å². The molecule has 0 amide bonds. The number of carbonyl (C=O) groups is 3. The van der Waals surface area contributed by atoms with Crippen LogP contribution >= 0.6 is 0 Å². The second kappa shape index (κ2) is 6.89. The SMILES string of the molecule is O=C(OCC(F)(F)S(=O)(=O)O)C1C2CC3C1C(=O)OC3(OC(=O)C13CC4CC(CC(C4)C1)C3)C2. The number of hydrogen-bond donors (Lipinski definition) is 1. The van der Waals surface area contributed by atoms with E-state index in [1.807, 2.05) is 0 Å². The van der Waals surface area contributed by atoms with Crippen LogP contribution in [0, 0.1) is 46.8 Å². The van der Waals surface area contributed by atoms with E-state index in [4.69, 9.17) is 14.0 Å². The Morgan fingerprint density at radius 1 is 1.06 bits per heavy atom. The molecule has 12 heteroatoms. The smallest absolute Gasteiger partial charge is 0.402 e. The van der Waals surface area contributed by atoms with Crippen LogP contribution in [0.1, 0.15) is 51.4 Å². The van der Waals surface area contributed by atoms with Gasteiger partial charge >= 0.3 is 33.3 Å². The zero-order chi connectivity index (χ0) is 24.3. The van der Waals surface area contributed by atoms with Crippen LogP contribution in [0.3, 0.4) is 0 Å². The van der Waals surface area contributed by atoms with Crippen LogP contribution in [0.5, 0.6) is 0 Å². The summed E-state index contributed by atoms with van der Waals surface area (Å²) in [6.07, 6.45) is 6.23. The quantitative estimate of drug-likeness (QED) is 0.427. The molecule has 0 spiro atoms. The van der Waals surface area contributed by atoms with E-state index in [0.29, 0.717) is 24.2 Å². The fourth-order valence-electron chi connectivity index (χ4n) is 8.44. The summed E-state index contributed by atoms with van der Waals surface area (Å²) in [4.78, 5) is 38.7. The molecule has 6 saturated carbocycles. The first-order valence-electron chi connectivity index (χ1n) is 11.8. The lowest BCUT2D eigenvalue weighted by Gasteiger charge is -2.55. The van der Waals surface area contributed by atoms with Gasteiger partial charge in [0, 0.05) is 6.42 Å². The van der Waals surface area contributed by atoms with Crippen molar-refractivity contribution in [3.63, 3.8) is 0 Å². The van der Waals surface area contributed by atoms with Crippen LogP contribution in [0.25, 0.3) is 0 Å². The van der Waals surface area contributed by atoms with Crippen LogP contribution in [0.15, 0.2) is 0 Å². The molecule has 9 nitrogen and oxygen atoms in total. The highest BCUT2D eigenvalue weighted by molar-refractivity contribution is 7.86. The summed E-state index contributed by atoms with van der Waals surface area (Å²) < 4.78 is 73.1. The van der Waals surface area contributed by atoms with Crippen molar-refractivity contribution in [3.05, 3.63) is 0 Å². The third-order valence-electron chi connectivity index (χ3n) is 9.31. The summed E-state index contributed by atoms with van der Waals surface area (Å²) >= 11 is 0. The Kier molecular flexibility index (Phi) is 4.59. The molecular formula is C22H26F2O9S. The fraction of sp³-hybridized carbons (Fsp3) is 0.864. The van der Waals surface area contributed by atoms with Crippen molar-refractivity contribution in [2.45, 2.75) is 62.4 Å². The summed E-state index contributed by atoms with van der Waals surface area (Å²) in [5.74, 6) is -5.27. The molecule has 34 heavy (non-hydrogen) atoms. The van der Waals surface area contributed by atoms with Crippen LogP contribution in [0.2, 0.25) is 0 Å². The number of halogens is 2. The first kappa shape index (κ1) is 22.6. The lowest BCUT2D eigenvalue weighted by molar-refractivity contribution is -0.238. The average molecular weight is 505 g/mol. The zero-order valence-corrected chi connectivity index (χ0v) is 19.1. The van der Waals surface area contributed by atoms with Crippen molar-refractivity contribution >= 4 is 28.0 Å². The molecule has 0 radical (unpaired) electrons. The second-order valence-electron chi connectivity index (χ2n) is 11.4. The Hall–Kier alpha value is -1.82. The van der Waals surface area contributed by atoms with E-state index in [9.17, 15) is 31.6 Å². The highest BCUT2D eigenvalue weighted by atomic mass is 32.2. The van der Waals surface area contributed by atoms with Crippen LogP contribution in [-0.4, -0.2) is 48.5 Å². The Balaban J connectivity index is 1.16. The van der Waals surface area contributed by atoms with E-state index in [1.165, 1.54) is 0 Å². The van der Waals surface area contributed by atoms with Gasteiger partial charge in [-0.3, -0.25) is 18.9 Å². The molecule has 5 atom stereocenters. The Morgan fingerprint density at radius 3 is 2.21 bits per heavy atom. The summed E-state index contributed by atoms with van der Waals surface area (Å²) in [5, 5.41) is -4.66. The fourth-order valence-corrected chi connectivity index (χ4v) is 8.65. The molecule has 1 aliphatic heterocycles. The maximum Gasteiger partial charge on any atom is 0.402 e. The Bertz CT molecular complexity index is 1040. The molecule has 7 rings (SSSR count). The van der Waals surface area contributed by atoms with Gasteiger partial charge in [-0.15, -0.1) is 0 Å². The van der Waals surface area contributed by atoms with Gasteiger partial charge in [0.25, 0.3) is 5.79 Å². The van der Waals surface area contributed by atoms with Gasteiger partial charge in [0.15, 0.2) is 6.61 Å². The number of hydrogen-bond acceptors (Lipinski definition) is 8. The maximum absolute atomic E-state index is 13.5. The molecule has 188 valence electrons. The van der Waals surface area contributed by atoms with E-state index in [0.717, 1.165) is 38.5 Å². The highest BCUT2D eigenvalue weighted by Gasteiger charge is 2.74. The van der Waals surface area contributed by atoms with Crippen molar-refractivity contribution in [2.75, 3.05) is 6.61 Å². The number of esters is 3. The van der Waals surface area contributed by atoms with Gasteiger partial charge < -0.3 is 14.2 Å². The summed E-state index contributed by atoms with van der Waals surface area (Å²) in [7, 11) is -5.76. The molecular weight excluding hydrogens is 478 g/mol. The highest BCUT2D eigenvalue weighted by Crippen LogP contribution is 2.65. The van der Waals surface area contributed by atoms with E-state index in [1.54, 1.807) is 0 Å². The van der Waals surface area contributed by atoms with E-state index >= 15 is 0 Å². The van der Waals surface area contributed by atoms with E-state index in [-0.39, 0.29) is 12.4 Å². The predicted octanol–water partition coefficient (Wildman–Crippen LogP) is 2.30. The normalized spacial score (nSPS) is 46.0. The van der Waals surface area contributed by atoms with Crippen molar-refractivity contribution in [1.29, 1.82) is 0 Å². The summed E-state index contributed by atoms with van der Waals surface area (Å²) in [6.45, 7) is -1.85. The van der Waals surface area contributed by atoms with Crippen molar-refractivity contribution < 1.29 is 50.3 Å². The third-order valence-corrected chi connectivity index (χ3v) is 10.2. The second-order valence-corrected chi connectivity index (χ2v) is 12.9. The molecule has 0 aromatic heterocycles. The van der Waals surface area contributed by atoms with Crippen LogP contribution in [0.4, 0.5) is 8.78 Å². The summed E-state index contributed by atoms with van der Waals surface area (Å²) in [5.41, 5.74) is -0.546. The third kappa shape index (κ3) is 3.09. The van der Waals surface area contributed by atoms with Gasteiger partial charge in [-0.1, -0.05) is 0 Å². The first-order chi connectivity index (χ1) is 15.8. The van der Waals surface area contributed by atoms with Gasteiger partial charge in [0.05, 0.1) is 23.2 Å². The molecule has 0 aromatic carbocycles. The number of ether oxygens (including phenoxy) is 3. The largest absolute Gasteiger partial charge is 0.458 e. The molecule has 0 aromatic rings. The minimum absolute atomic E-state index is 0.0759. The minimum Gasteiger partial charge on any atom is -0.458 e. The van der Waals surface area contributed by atoms with Crippen LogP contribution < -0.4 is 0 Å². The Morgan fingerprint density at radius 2 is 1.65 bits per heavy atom. The average Bonchev–Trinajstić information content (AvgIpc) is 3.30. The van der Waals surface area contributed by atoms with Crippen molar-refractivity contribution in [3.8, 4) is 0 Å². The van der Waals surface area contributed by atoms with E-state index in [2.05, 4.69) is 4.74 Å². The molecule has 1 N–H and O–H groups in total. The van der Waals surface area contributed by atoms with Gasteiger partial charge in [-0.05, 0) is 68.6 Å². The molecule has 7 fully saturated rings. The summed E-state index contributed by atoms with van der Waals surface area (Å²) in [6, 6.07) is 0. The van der Waals surface area contributed by atoms with Gasteiger partial charge in [-0.2, -0.15) is 17.2 Å². The molecule has 5 unspecified atom stereocenters. The standard InChI is InChI=1S/C22H26F2O9S/c23-22(24,34(28,29)30)9-31-17(25)15-13-4-14-16(15)18(26)32-21(14,8-13)33-19(27)20-5-10-1-11(6-20)3-12(2-10)7-20/h10-16H,1-9H2,(H,28,29,30). The molecule has 7 aliphatic rings. The number of carbonyl (C=O) groups excluding carboxylic acids is 3. The number of alkyl halides is 2. The molecule has 6 aliphatic carbocycles. The molecule has 1 saturated heterocycles. The van der Waals surface area contributed by atoms with Gasteiger partial charge in [-0.25, -0.2) is 0 Å². The van der Waals surface area contributed by atoms with Gasteiger partial charge in [0.2, 0.25) is 0 Å². The minimum atomic E-state index is -5.76. The van der Waals surface area contributed by atoms with Crippen molar-refractivity contribution in [1.82, 2.24) is 0 Å². The lowest BCUT2D eigenvalue weighted by atomic mass is 9.49. The van der Waals surface area contributed by atoms with Crippen LogP contribution in [-0.2, 0) is 38.7 Å². The monoisotopic (exact) mass is 504 g/mol. The lowest BCUT2D eigenvalue weighted by Crippen LogP contribution is -2.53. The zero-order valence-electron chi connectivity index (χ0n) is 18.3. The molecule has 1 heterocycles. The predicted molar refractivity (Wildman–Crippen MR) is 106 cm³/mol. The number of fused-ring (bicyclic) bond motifs is 1. The maximum atomic E-state index is 13.5. The van der Waals surface area contributed by atoms with Crippen molar-refractivity contribution in [2.24, 2.45) is 46.8 Å². The first-order valence-corrected chi connectivity index (χ1v) is 13.2. The Labute approximate surface area is 194 Å². The van der Waals surface area contributed by atoms with E-state index < -0.39 is 68.8 Å². The molecule has 6 bridgehead atoms. The topological polar surface area (TPSA) is 133 Å².